The van der Waals surface area contributed by atoms with Crippen molar-refractivity contribution in [3.05, 3.63) is 38.1 Å². The molecule has 0 saturated carbocycles. The van der Waals surface area contributed by atoms with E-state index in [1.165, 1.54) is 0 Å². The summed E-state index contributed by atoms with van der Waals surface area (Å²) in [4.78, 5) is 20.8. The minimum absolute atomic E-state index is 0.136. The van der Waals surface area contributed by atoms with Crippen LogP contribution in [0.15, 0.2) is 16.6 Å². The molecular weight excluding hydrogens is 297 g/mol. The molecule has 17 heavy (non-hydrogen) atoms. The summed E-state index contributed by atoms with van der Waals surface area (Å²) in [6, 6.07) is 1.99. The van der Waals surface area contributed by atoms with E-state index in [0.717, 1.165) is 12.1 Å². The molecule has 0 heterocycles. The topological polar surface area (TPSA) is 69.4 Å². The van der Waals surface area contributed by atoms with E-state index < -0.39 is 22.4 Å². The second-order valence-electron chi connectivity index (χ2n) is 3.13. The molecule has 0 atom stereocenters. The fourth-order valence-corrected chi connectivity index (χ4v) is 1.69. The number of carbonyl (C=O) groups is 1. The van der Waals surface area contributed by atoms with Crippen LogP contribution in [-0.2, 0) is 16.0 Å². The lowest BCUT2D eigenvalue weighted by Crippen LogP contribution is -2.08. The Bertz CT molecular complexity index is 464. The Kier molecular flexibility index (Phi) is 4.56. The van der Waals surface area contributed by atoms with Crippen LogP contribution in [0.1, 0.15) is 12.5 Å². The maximum Gasteiger partial charge on any atom is 0.310 e. The second kappa shape index (κ2) is 5.72. The third kappa shape index (κ3) is 3.48. The zero-order valence-electron chi connectivity index (χ0n) is 8.91. The van der Waals surface area contributed by atoms with Crippen LogP contribution in [0.25, 0.3) is 0 Å². The lowest BCUT2D eigenvalue weighted by molar-refractivity contribution is -0.387. The number of nitro benzene ring substituents is 1. The number of carbonyl (C=O) groups excluding carboxylic acids is 1. The Balaban J connectivity index is 2.99. The monoisotopic (exact) mass is 305 g/mol. The number of hydrogen-bond acceptors (Lipinski definition) is 4. The van der Waals surface area contributed by atoms with Crippen molar-refractivity contribution in [3.8, 4) is 0 Å². The van der Waals surface area contributed by atoms with E-state index in [4.69, 9.17) is 4.74 Å². The third-order valence-corrected chi connectivity index (χ3v) is 2.69. The summed E-state index contributed by atoms with van der Waals surface area (Å²) >= 11 is 3.05. The molecule has 5 nitrogen and oxygen atoms in total. The van der Waals surface area contributed by atoms with Gasteiger partial charge in [0.1, 0.15) is 0 Å². The minimum Gasteiger partial charge on any atom is -0.466 e. The van der Waals surface area contributed by atoms with Crippen molar-refractivity contribution in [2.24, 2.45) is 0 Å². The Morgan fingerprint density at radius 3 is 2.76 bits per heavy atom. The van der Waals surface area contributed by atoms with Crippen LogP contribution in [0.5, 0.6) is 0 Å². The summed E-state index contributed by atoms with van der Waals surface area (Å²) in [6.07, 6.45) is -0.136. The molecule has 0 spiro atoms. The lowest BCUT2D eigenvalue weighted by atomic mass is 10.1. The van der Waals surface area contributed by atoms with Crippen molar-refractivity contribution < 1.29 is 18.8 Å². The molecule has 0 aliphatic rings. The van der Waals surface area contributed by atoms with Crippen LogP contribution in [0.2, 0.25) is 0 Å². The van der Waals surface area contributed by atoms with E-state index in [1.807, 2.05) is 0 Å². The Morgan fingerprint density at radius 2 is 2.24 bits per heavy atom. The first kappa shape index (κ1) is 13.6. The maximum absolute atomic E-state index is 13.3. The largest absolute Gasteiger partial charge is 0.466 e. The molecule has 0 saturated heterocycles. The van der Waals surface area contributed by atoms with Crippen LogP contribution < -0.4 is 0 Å². The molecule has 1 aromatic carbocycles. The molecule has 0 bridgehead atoms. The number of halogens is 2. The van der Waals surface area contributed by atoms with E-state index >= 15 is 0 Å². The van der Waals surface area contributed by atoms with Gasteiger partial charge in [0.15, 0.2) is 0 Å². The van der Waals surface area contributed by atoms with Crippen molar-refractivity contribution in [1.82, 2.24) is 0 Å². The number of nitro groups is 1. The molecule has 0 aliphatic heterocycles. The molecular formula is C10H9BrFNO4. The van der Waals surface area contributed by atoms with Gasteiger partial charge in [-0.15, -0.1) is 0 Å². The highest BCUT2D eigenvalue weighted by Crippen LogP contribution is 2.26. The van der Waals surface area contributed by atoms with Gasteiger partial charge in [0, 0.05) is 10.5 Å². The van der Waals surface area contributed by atoms with Gasteiger partial charge in [0.25, 0.3) is 0 Å². The molecule has 0 aliphatic carbocycles. The average Bonchev–Trinajstić information content (AvgIpc) is 2.22. The van der Waals surface area contributed by atoms with Crippen LogP contribution >= 0.6 is 15.9 Å². The SMILES string of the molecule is CCOC(=O)Cc1cc(F)c([N+](=O)[O-])cc1Br. The predicted octanol–water partition coefficient (Wildman–Crippen LogP) is 2.60. The van der Waals surface area contributed by atoms with E-state index in [9.17, 15) is 19.3 Å². The van der Waals surface area contributed by atoms with Crippen LogP contribution in [-0.4, -0.2) is 17.5 Å². The highest BCUT2D eigenvalue weighted by Gasteiger charge is 2.18. The normalized spacial score (nSPS) is 10.1. The first-order valence-corrected chi connectivity index (χ1v) is 5.53. The van der Waals surface area contributed by atoms with Gasteiger partial charge in [-0.1, -0.05) is 15.9 Å². The van der Waals surface area contributed by atoms with E-state index in [-0.39, 0.29) is 13.0 Å². The minimum atomic E-state index is -0.975. The van der Waals surface area contributed by atoms with Gasteiger partial charge in [-0.05, 0) is 18.6 Å². The number of ether oxygens (including phenoxy) is 1. The van der Waals surface area contributed by atoms with Gasteiger partial charge >= 0.3 is 11.7 Å². The zero-order valence-corrected chi connectivity index (χ0v) is 10.5. The number of benzene rings is 1. The zero-order chi connectivity index (χ0) is 13.0. The molecule has 0 amide bonds. The summed E-state index contributed by atoms with van der Waals surface area (Å²) in [5.41, 5.74) is -0.323. The first-order valence-electron chi connectivity index (χ1n) is 4.73. The van der Waals surface area contributed by atoms with Crippen molar-refractivity contribution >= 4 is 27.6 Å². The molecule has 1 rings (SSSR count). The molecule has 0 fully saturated rings. The highest BCUT2D eigenvalue weighted by atomic mass is 79.9. The molecule has 7 heteroatoms. The van der Waals surface area contributed by atoms with Crippen molar-refractivity contribution in [1.29, 1.82) is 0 Å². The quantitative estimate of drug-likeness (QED) is 0.487. The van der Waals surface area contributed by atoms with E-state index in [1.54, 1.807) is 6.92 Å². The maximum atomic E-state index is 13.3. The third-order valence-electron chi connectivity index (χ3n) is 1.95. The smallest absolute Gasteiger partial charge is 0.310 e. The highest BCUT2D eigenvalue weighted by molar-refractivity contribution is 9.10. The molecule has 0 unspecified atom stereocenters. The molecule has 92 valence electrons. The van der Waals surface area contributed by atoms with Crippen molar-refractivity contribution in [3.63, 3.8) is 0 Å². The Labute approximate surface area is 105 Å². The summed E-state index contributed by atoms with van der Waals surface area (Å²) in [5, 5.41) is 10.5. The standard InChI is InChI=1S/C10H9BrFNO4/c1-2-17-10(14)4-6-3-8(12)9(13(15)16)5-7(6)11/h3,5H,2,4H2,1H3. The Hall–Kier alpha value is -1.50. The van der Waals surface area contributed by atoms with E-state index in [2.05, 4.69) is 15.9 Å². The fraction of sp³-hybridized carbons (Fsp3) is 0.300. The molecule has 0 radical (unpaired) electrons. The predicted molar refractivity (Wildman–Crippen MR) is 61.1 cm³/mol. The summed E-state index contributed by atoms with van der Waals surface area (Å²) < 4.78 is 18.3. The summed E-state index contributed by atoms with van der Waals surface area (Å²) in [6.45, 7) is 1.88. The summed E-state index contributed by atoms with van der Waals surface area (Å²) in [5.74, 6) is -1.49. The van der Waals surface area contributed by atoms with Crippen LogP contribution in [0.3, 0.4) is 0 Å². The first-order chi connectivity index (χ1) is 7.95. The van der Waals surface area contributed by atoms with Gasteiger partial charge in [0.05, 0.1) is 18.0 Å². The van der Waals surface area contributed by atoms with Gasteiger partial charge in [-0.3, -0.25) is 14.9 Å². The van der Waals surface area contributed by atoms with Crippen molar-refractivity contribution in [2.75, 3.05) is 6.61 Å². The average molecular weight is 306 g/mol. The second-order valence-corrected chi connectivity index (χ2v) is 3.99. The van der Waals surface area contributed by atoms with Crippen molar-refractivity contribution in [2.45, 2.75) is 13.3 Å². The van der Waals surface area contributed by atoms with Gasteiger partial charge in [0.2, 0.25) is 5.82 Å². The number of nitrogens with zero attached hydrogens (tertiary/aromatic N) is 1. The number of esters is 1. The molecule has 1 aromatic rings. The summed E-state index contributed by atoms with van der Waals surface area (Å²) in [7, 11) is 0. The number of hydrogen-bond donors (Lipinski definition) is 0. The van der Waals surface area contributed by atoms with Crippen LogP contribution in [0.4, 0.5) is 10.1 Å². The molecule has 0 N–H and O–H groups in total. The Morgan fingerprint density at radius 1 is 1.59 bits per heavy atom. The fourth-order valence-electron chi connectivity index (χ4n) is 1.22. The number of rotatable bonds is 4. The lowest BCUT2D eigenvalue weighted by Gasteiger charge is -2.05. The van der Waals surface area contributed by atoms with Gasteiger partial charge in [-0.25, -0.2) is 0 Å². The molecule has 0 aromatic heterocycles. The van der Waals surface area contributed by atoms with E-state index in [0.29, 0.717) is 10.0 Å². The van der Waals surface area contributed by atoms with Gasteiger partial charge < -0.3 is 4.74 Å². The van der Waals surface area contributed by atoms with Gasteiger partial charge in [-0.2, -0.15) is 4.39 Å². The van der Waals surface area contributed by atoms with Crippen LogP contribution in [0, 0.1) is 15.9 Å².